The Morgan fingerprint density at radius 2 is 1.85 bits per heavy atom. The quantitative estimate of drug-likeness (QED) is 0.452. The van der Waals surface area contributed by atoms with Crippen LogP contribution in [0, 0.1) is 0 Å². The smallest absolute Gasteiger partial charge is 0.150 e. The molecule has 5 heteroatoms. The second kappa shape index (κ2) is 4.35. The highest BCUT2D eigenvalue weighted by Gasteiger charge is 2.01. The first kappa shape index (κ1) is 10.2. The van der Waals surface area contributed by atoms with Gasteiger partial charge in [0.2, 0.25) is 0 Å². The Morgan fingerprint density at radius 3 is 2.31 bits per heavy atom. The third-order valence-electron chi connectivity index (χ3n) is 1.39. The van der Waals surface area contributed by atoms with Crippen molar-refractivity contribution < 1.29 is 0 Å². The summed E-state index contributed by atoms with van der Waals surface area (Å²) < 4.78 is 0. The number of nitrogens with one attached hydrogen (secondary N) is 1. The fraction of sp³-hybridized carbons (Fsp3) is 0.125. The van der Waals surface area contributed by atoms with Crippen molar-refractivity contribution in [3.63, 3.8) is 0 Å². The number of hydrazone groups is 1. The van der Waals surface area contributed by atoms with Crippen LogP contribution in [0.1, 0.15) is 5.56 Å². The van der Waals surface area contributed by atoms with Gasteiger partial charge in [-0.15, -0.1) is 0 Å². The normalized spacial score (nSPS) is 11.5. The van der Waals surface area contributed by atoms with Crippen LogP contribution in [-0.2, 0) is 0 Å². The van der Waals surface area contributed by atoms with Gasteiger partial charge in [0.05, 0.1) is 0 Å². The van der Waals surface area contributed by atoms with Gasteiger partial charge < -0.3 is 11.2 Å². The second-order valence-electron chi connectivity index (χ2n) is 2.38. The van der Waals surface area contributed by atoms with Gasteiger partial charge in [-0.3, -0.25) is 0 Å². The molecule has 3 N–H and O–H groups in total. The van der Waals surface area contributed by atoms with E-state index < -0.39 is 0 Å². The first-order valence-corrected chi connectivity index (χ1v) is 4.35. The summed E-state index contributed by atoms with van der Waals surface area (Å²) in [5, 5.41) is 4.88. The molecular weight excluding hydrogens is 209 g/mol. The van der Waals surface area contributed by atoms with E-state index in [4.69, 9.17) is 28.9 Å². The van der Waals surface area contributed by atoms with Crippen LogP contribution in [0.3, 0.4) is 0 Å². The molecule has 3 nitrogen and oxygen atoms in total. The topological polar surface area (TPSA) is 50.4 Å². The van der Waals surface area contributed by atoms with Crippen molar-refractivity contribution in [2.24, 2.45) is 10.8 Å². The minimum absolute atomic E-state index is 0.354. The van der Waals surface area contributed by atoms with Gasteiger partial charge in [-0.05, 0) is 18.2 Å². The largest absolute Gasteiger partial charge is 0.382 e. The van der Waals surface area contributed by atoms with Crippen molar-refractivity contribution in [1.29, 1.82) is 0 Å². The number of hydrogen-bond donors (Lipinski definition) is 2. The van der Waals surface area contributed by atoms with Crippen molar-refractivity contribution in [3.05, 3.63) is 33.8 Å². The van der Waals surface area contributed by atoms with Crippen molar-refractivity contribution in [3.8, 4) is 0 Å². The van der Waals surface area contributed by atoms with E-state index in [0.717, 1.165) is 0 Å². The molecule has 13 heavy (non-hydrogen) atoms. The van der Waals surface area contributed by atoms with E-state index in [0.29, 0.717) is 21.4 Å². The monoisotopic (exact) mass is 217 g/mol. The summed E-state index contributed by atoms with van der Waals surface area (Å²) in [4.78, 5) is 0. The molecule has 0 aliphatic heterocycles. The van der Waals surface area contributed by atoms with Gasteiger partial charge in [0.1, 0.15) is 0 Å². The molecule has 0 atom stereocenters. The molecule has 1 aromatic rings. The summed E-state index contributed by atoms with van der Waals surface area (Å²) in [5.41, 5.74) is 8.90. The van der Waals surface area contributed by atoms with E-state index in [9.17, 15) is 0 Å². The molecule has 70 valence electrons. The van der Waals surface area contributed by atoms with Crippen LogP contribution >= 0.6 is 23.2 Å². The molecule has 0 saturated heterocycles. The lowest BCUT2D eigenvalue weighted by Gasteiger charge is -2.01. The third kappa shape index (κ3) is 2.79. The Hall–Kier alpha value is -0.930. The third-order valence-corrected chi connectivity index (χ3v) is 1.83. The maximum absolute atomic E-state index is 5.78. The van der Waals surface area contributed by atoms with Crippen LogP contribution in [0.5, 0.6) is 0 Å². The molecule has 1 aromatic carbocycles. The zero-order valence-electron chi connectivity index (χ0n) is 7.01. The molecule has 0 spiro atoms. The van der Waals surface area contributed by atoms with E-state index in [2.05, 4.69) is 10.5 Å². The number of nitrogens with two attached hydrogens (primary N) is 1. The van der Waals surface area contributed by atoms with Crippen LogP contribution in [0.4, 0.5) is 0 Å². The van der Waals surface area contributed by atoms with Gasteiger partial charge in [-0.25, -0.2) is 0 Å². The maximum atomic E-state index is 5.78. The Kier molecular flexibility index (Phi) is 3.39. The van der Waals surface area contributed by atoms with Gasteiger partial charge in [0, 0.05) is 22.7 Å². The molecule has 0 aliphatic rings. The highest BCUT2D eigenvalue weighted by atomic mass is 35.5. The van der Waals surface area contributed by atoms with E-state index in [1.165, 1.54) is 0 Å². The predicted molar refractivity (Wildman–Crippen MR) is 56.2 cm³/mol. The van der Waals surface area contributed by atoms with Gasteiger partial charge in [-0.2, -0.15) is 5.10 Å². The number of halogens is 2. The Morgan fingerprint density at radius 1 is 1.31 bits per heavy atom. The second-order valence-corrected chi connectivity index (χ2v) is 3.25. The Balaban J connectivity index is 3.08. The summed E-state index contributed by atoms with van der Waals surface area (Å²) >= 11 is 11.6. The molecule has 0 bridgehead atoms. The first-order chi connectivity index (χ1) is 6.13. The molecule has 0 unspecified atom stereocenters. The van der Waals surface area contributed by atoms with Gasteiger partial charge in [0.15, 0.2) is 5.84 Å². The summed E-state index contributed by atoms with van der Waals surface area (Å²) in [6.07, 6.45) is 0. The molecule has 0 radical (unpaired) electrons. The lowest BCUT2D eigenvalue weighted by atomic mass is 10.2. The lowest BCUT2D eigenvalue weighted by molar-refractivity contribution is 0.898. The van der Waals surface area contributed by atoms with Crippen LogP contribution in [0.2, 0.25) is 10.0 Å². The highest BCUT2D eigenvalue weighted by Crippen LogP contribution is 2.18. The molecule has 0 heterocycles. The van der Waals surface area contributed by atoms with Crippen molar-refractivity contribution in [2.45, 2.75) is 0 Å². The molecule has 0 aliphatic carbocycles. The fourth-order valence-corrected chi connectivity index (χ4v) is 1.41. The van der Waals surface area contributed by atoms with E-state index >= 15 is 0 Å². The van der Waals surface area contributed by atoms with Crippen molar-refractivity contribution in [2.75, 3.05) is 7.05 Å². The molecule has 0 fully saturated rings. The number of amidine groups is 1. The summed E-state index contributed by atoms with van der Waals surface area (Å²) in [6.45, 7) is 0. The minimum Gasteiger partial charge on any atom is -0.382 e. The van der Waals surface area contributed by atoms with Crippen LogP contribution < -0.4 is 11.2 Å². The molecule has 0 amide bonds. The van der Waals surface area contributed by atoms with Crippen molar-refractivity contribution in [1.82, 2.24) is 5.43 Å². The zero-order valence-corrected chi connectivity index (χ0v) is 8.52. The minimum atomic E-state index is 0.354. The highest BCUT2D eigenvalue weighted by molar-refractivity contribution is 6.35. The lowest BCUT2D eigenvalue weighted by Crippen LogP contribution is -2.16. The Bertz CT molecular complexity index is 316. The van der Waals surface area contributed by atoms with Gasteiger partial charge in [-0.1, -0.05) is 23.2 Å². The van der Waals surface area contributed by atoms with Gasteiger partial charge >= 0.3 is 0 Å². The number of rotatable bonds is 2. The molecular formula is C8H9Cl2N3. The van der Waals surface area contributed by atoms with Crippen LogP contribution in [0.25, 0.3) is 0 Å². The SMILES string of the molecule is CN/N=C(\N)c1cc(Cl)cc(Cl)c1. The van der Waals surface area contributed by atoms with Crippen LogP contribution in [-0.4, -0.2) is 12.9 Å². The Labute approximate surface area is 86.5 Å². The molecule has 0 saturated carbocycles. The number of hydrogen-bond acceptors (Lipinski definition) is 2. The van der Waals surface area contributed by atoms with E-state index in [1.54, 1.807) is 25.2 Å². The summed E-state index contributed by atoms with van der Waals surface area (Å²) in [7, 11) is 1.67. The average molecular weight is 218 g/mol. The molecule has 1 rings (SSSR count). The molecule has 0 aromatic heterocycles. The number of benzene rings is 1. The zero-order chi connectivity index (χ0) is 9.84. The first-order valence-electron chi connectivity index (χ1n) is 3.60. The van der Waals surface area contributed by atoms with E-state index in [1.807, 2.05) is 0 Å². The van der Waals surface area contributed by atoms with Gasteiger partial charge in [0.25, 0.3) is 0 Å². The van der Waals surface area contributed by atoms with Crippen LogP contribution in [0.15, 0.2) is 23.3 Å². The average Bonchev–Trinajstić information content (AvgIpc) is 2.03. The van der Waals surface area contributed by atoms with E-state index in [-0.39, 0.29) is 0 Å². The number of nitrogens with zero attached hydrogens (tertiary/aromatic N) is 1. The fourth-order valence-electron chi connectivity index (χ4n) is 0.887. The standard InChI is InChI=1S/C8H9Cl2N3/c1-12-13-8(11)5-2-6(9)4-7(10)3-5/h2-4,12H,1H3,(H2,11,13). The predicted octanol–water partition coefficient (Wildman–Crippen LogP) is 1.83. The summed E-state index contributed by atoms with van der Waals surface area (Å²) in [5.74, 6) is 0.354. The maximum Gasteiger partial charge on any atom is 0.150 e. The summed E-state index contributed by atoms with van der Waals surface area (Å²) in [6, 6.07) is 5.03. The van der Waals surface area contributed by atoms with Crippen molar-refractivity contribution >= 4 is 29.0 Å².